The van der Waals surface area contributed by atoms with Crippen molar-refractivity contribution in [3.05, 3.63) is 64.5 Å². The fourth-order valence-corrected chi connectivity index (χ4v) is 1.70. The first-order valence-electron chi connectivity index (χ1n) is 7.06. The predicted octanol–water partition coefficient (Wildman–Crippen LogP) is 1.26. The van der Waals surface area contributed by atoms with Crippen LogP contribution in [0.1, 0.15) is 5.56 Å². The number of carbonyl (C=O) groups excluding carboxylic acids is 2. The van der Waals surface area contributed by atoms with Crippen molar-refractivity contribution in [2.45, 2.75) is 0 Å². The second kappa shape index (κ2) is 8.72. The first kappa shape index (κ1) is 17.5. The van der Waals surface area contributed by atoms with Crippen LogP contribution < -0.4 is 16.1 Å². The number of nitro groups is 1. The van der Waals surface area contributed by atoms with Crippen LogP contribution >= 0.6 is 0 Å². The van der Waals surface area contributed by atoms with Gasteiger partial charge in [-0.1, -0.05) is 6.07 Å². The standard InChI is InChI=1S/C15H14N6O4/c22-14(20-18-9-11-4-6-16-7-5-11)10-17-15(23)19-12-2-1-3-13(8-12)21(24)25/h1-9H,10H2,(H,20,22)(H2,17,19,23). The largest absolute Gasteiger partial charge is 0.329 e. The van der Waals surface area contributed by atoms with Crippen molar-refractivity contribution in [2.75, 3.05) is 11.9 Å². The summed E-state index contributed by atoms with van der Waals surface area (Å²) in [7, 11) is 0. The van der Waals surface area contributed by atoms with E-state index in [0.29, 0.717) is 0 Å². The lowest BCUT2D eigenvalue weighted by Crippen LogP contribution is -2.37. The number of hydrogen-bond acceptors (Lipinski definition) is 6. The van der Waals surface area contributed by atoms with Crippen molar-refractivity contribution in [1.82, 2.24) is 15.7 Å². The van der Waals surface area contributed by atoms with E-state index in [1.807, 2.05) is 0 Å². The zero-order valence-electron chi connectivity index (χ0n) is 12.9. The number of rotatable bonds is 6. The van der Waals surface area contributed by atoms with Crippen LogP contribution in [0.15, 0.2) is 53.9 Å². The quantitative estimate of drug-likeness (QED) is 0.412. The summed E-state index contributed by atoms with van der Waals surface area (Å²) in [6.07, 6.45) is 4.61. The zero-order valence-corrected chi connectivity index (χ0v) is 12.9. The lowest BCUT2D eigenvalue weighted by Gasteiger charge is -2.06. The zero-order chi connectivity index (χ0) is 18.1. The van der Waals surface area contributed by atoms with Gasteiger partial charge in [0.25, 0.3) is 11.6 Å². The van der Waals surface area contributed by atoms with E-state index in [2.05, 4.69) is 26.1 Å². The number of benzene rings is 1. The molecule has 2 rings (SSSR count). The van der Waals surface area contributed by atoms with Crippen molar-refractivity contribution in [3.8, 4) is 0 Å². The highest BCUT2D eigenvalue weighted by molar-refractivity contribution is 5.92. The molecule has 1 aromatic heterocycles. The van der Waals surface area contributed by atoms with Gasteiger partial charge >= 0.3 is 6.03 Å². The Morgan fingerprint density at radius 3 is 2.72 bits per heavy atom. The summed E-state index contributed by atoms with van der Waals surface area (Å²) in [6.45, 7) is -0.311. The van der Waals surface area contributed by atoms with Crippen molar-refractivity contribution in [3.63, 3.8) is 0 Å². The van der Waals surface area contributed by atoms with Crippen molar-refractivity contribution < 1.29 is 14.5 Å². The fraction of sp³-hybridized carbons (Fsp3) is 0.0667. The maximum atomic E-state index is 11.7. The van der Waals surface area contributed by atoms with Gasteiger partial charge in [0.05, 0.1) is 11.1 Å². The predicted molar refractivity (Wildman–Crippen MR) is 90.1 cm³/mol. The van der Waals surface area contributed by atoms with Gasteiger partial charge in [0.15, 0.2) is 0 Å². The van der Waals surface area contributed by atoms with Gasteiger partial charge in [0.1, 0.15) is 6.54 Å². The molecule has 0 saturated heterocycles. The Bertz CT molecular complexity index is 794. The minimum Gasteiger partial charge on any atom is -0.329 e. The van der Waals surface area contributed by atoms with Gasteiger partial charge in [0, 0.05) is 30.2 Å². The second-order valence-electron chi connectivity index (χ2n) is 4.69. The summed E-state index contributed by atoms with van der Waals surface area (Å²) in [5.74, 6) is -0.528. The maximum absolute atomic E-state index is 11.7. The van der Waals surface area contributed by atoms with Crippen LogP contribution in [0.3, 0.4) is 0 Å². The molecule has 0 aliphatic rings. The number of hydrogen-bond donors (Lipinski definition) is 3. The van der Waals surface area contributed by atoms with Gasteiger partial charge < -0.3 is 10.6 Å². The summed E-state index contributed by atoms with van der Waals surface area (Å²) in [5, 5.41) is 19.1. The number of pyridine rings is 1. The van der Waals surface area contributed by atoms with E-state index in [4.69, 9.17) is 0 Å². The molecule has 25 heavy (non-hydrogen) atoms. The number of nitrogens with one attached hydrogen (secondary N) is 3. The molecule has 3 amide bonds. The first-order chi connectivity index (χ1) is 12.0. The Balaban J connectivity index is 1.76. The third-order valence-corrected chi connectivity index (χ3v) is 2.83. The topological polar surface area (TPSA) is 139 Å². The average molecular weight is 342 g/mol. The van der Waals surface area contributed by atoms with Gasteiger partial charge in [-0.3, -0.25) is 19.9 Å². The molecule has 0 saturated carbocycles. The lowest BCUT2D eigenvalue weighted by atomic mass is 10.3. The molecule has 0 spiro atoms. The molecule has 0 unspecified atom stereocenters. The van der Waals surface area contributed by atoms with Crippen molar-refractivity contribution in [1.29, 1.82) is 0 Å². The average Bonchev–Trinajstić information content (AvgIpc) is 2.61. The summed E-state index contributed by atoms with van der Waals surface area (Å²) in [4.78, 5) is 37.2. The SMILES string of the molecule is O=C(CNC(=O)Nc1cccc([N+](=O)[O-])c1)NN=Cc1ccncc1. The van der Waals surface area contributed by atoms with E-state index in [9.17, 15) is 19.7 Å². The van der Waals surface area contributed by atoms with Gasteiger partial charge in [0.2, 0.25) is 0 Å². The molecular weight excluding hydrogens is 328 g/mol. The molecule has 0 bridgehead atoms. The van der Waals surface area contributed by atoms with Gasteiger partial charge in [-0.25, -0.2) is 10.2 Å². The third kappa shape index (κ3) is 6.06. The minimum absolute atomic E-state index is 0.152. The fourth-order valence-electron chi connectivity index (χ4n) is 1.70. The van der Waals surface area contributed by atoms with Crippen LogP contribution in [-0.4, -0.2) is 34.6 Å². The van der Waals surface area contributed by atoms with Crippen LogP contribution in [0.25, 0.3) is 0 Å². The highest BCUT2D eigenvalue weighted by Gasteiger charge is 2.08. The second-order valence-corrected chi connectivity index (χ2v) is 4.69. The van der Waals surface area contributed by atoms with E-state index in [-0.39, 0.29) is 17.9 Å². The molecule has 2 aromatic rings. The van der Waals surface area contributed by atoms with E-state index in [1.165, 1.54) is 30.5 Å². The number of non-ortho nitro benzene ring substituents is 1. The maximum Gasteiger partial charge on any atom is 0.319 e. The van der Waals surface area contributed by atoms with Crippen LogP contribution in [0.5, 0.6) is 0 Å². The molecular formula is C15H14N6O4. The van der Waals surface area contributed by atoms with Gasteiger partial charge in [-0.05, 0) is 23.8 Å². The Labute approximate surface area is 142 Å². The van der Waals surface area contributed by atoms with Crippen molar-refractivity contribution >= 4 is 29.5 Å². The molecule has 0 radical (unpaired) electrons. The smallest absolute Gasteiger partial charge is 0.319 e. The number of nitro benzene ring substituents is 1. The summed E-state index contributed by atoms with van der Waals surface area (Å²) in [5.41, 5.74) is 3.10. The molecule has 1 aromatic carbocycles. The number of aromatic nitrogens is 1. The number of nitrogens with zero attached hydrogens (tertiary/aromatic N) is 3. The van der Waals surface area contributed by atoms with E-state index in [1.54, 1.807) is 24.5 Å². The Morgan fingerprint density at radius 1 is 1.24 bits per heavy atom. The highest BCUT2D eigenvalue weighted by Crippen LogP contribution is 2.16. The Morgan fingerprint density at radius 2 is 2.00 bits per heavy atom. The van der Waals surface area contributed by atoms with Crippen LogP contribution in [0, 0.1) is 10.1 Å². The van der Waals surface area contributed by atoms with Crippen LogP contribution in [0.4, 0.5) is 16.2 Å². The van der Waals surface area contributed by atoms with Gasteiger partial charge in [-0.2, -0.15) is 5.10 Å². The molecule has 10 nitrogen and oxygen atoms in total. The molecule has 1 heterocycles. The molecule has 0 atom stereocenters. The van der Waals surface area contributed by atoms with E-state index in [0.717, 1.165) is 5.56 Å². The minimum atomic E-state index is -0.672. The molecule has 0 fully saturated rings. The number of carbonyl (C=O) groups is 2. The molecule has 0 aliphatic carbocycles. The van der Waals surface area contributed by atoms with Crippen molar-refractivity contribution in [2.24, 2.45) is 5.10 Å². The number of amides is 3. The summed E-state index contributed by atoms with van der Waals surface area (Å²) < 4.78 is 0. The lowest BCUT2D eigenvalue weighted by molar-refractivity contribution is -0.384. The highest BCUT2D eigenvalue weighted by atomic mass is 16.6. The first-order valence-corrected chi connectivity index (χ1v) is 7.06. The van der Waals surface area contributed by atoms with E-state index >= 15 is 0 Å². The Kier molecular flexibility index (Phi) is 6.11. The summed E-state index contributed by atoms with van der Waals surface area (Å²) >= 11 is 0. The van der Waals surface area contributed by atoms with E-state index < -0.39 is 16.9 Å². The molecule has 10 heteroatoms. The number of anilines is 1. The third-order valence-electron chi connectivity index (χ3n) is 2.83. The Hall–Kier alpha value is -3.82. The van der Waals surface area contributed by atoms with Gasteiger partial charge in [-0.15, -0.1) is 0 Å². The molecule has 128 valence electrons. The number of urea groups is 1. The summed E-state index contributed by atoms with van der Waals surface area (Å²) in [6, 6.07) is 8.19. The number of hydrazone groups is 1. The van der Waals surface area contributed by atoms with Crippen LogP contribution in [0.2, 0.25) is 0 Å². The molecule has 3 N–H and O–H groups in total. The molecule has 0 aliphatic heterocycles. The van der Waals surface area contributed by atoms with Crippen LogP contribution in [-0.2, 0) is 4.79 Å². The normalized spacial score (nSPS) is 10.2. The monoisotopic (exact) mass is 342 g/mol.